The fourth-order valence-corrected chi connectivity index (χ4v) is 5.65. The summed E-state index contributed by atoms with van der Waals surface area (Å²) in [4.78, 5) is 30.2. The van der Waals surface area contributed by atoms with E-state index in [1.54, 1.807) is 6.92 Å². The normalized spacial score (nSPS) is 18.4. The van der Waals surface area contributed by atoms with E-state index in [2.05, 4.69) is 34.4 Å². The van der Waals surface area contributed by atoms with Crippen molar-refractivity contribution in [2.45, 2.75) is 64.4 Å². The second-order valence-corrected chi connectivity index (χ2v) is 12.0. The number of hydrogen-bond donors (Lipinski definition) is 2. The van der Waals surface area contributed by atoms with Crippen LogP contribution in [-0.2, 0) is 43.4 Å². The molecule has 0 unspecified atom stereocenters. The summed E-state index contributed by atoms with van der Waals surface area (Å²) in [5.41, 5.74) is 6.87. The van der Waals surface area contributed by atoms with E-state index < -0.39 is 18.4 Å². The predicted octanol–water partition coefficient (Wildman–Crippen LogP) is 5.53. The molecule has 0 bridgehead atoms. The number of nitrogens with one attached hydrogen (secondary N) is 1. The highest BCUT2D eigenvalue weighted by atomic mass is 16.7. The number of pyridine rings is 1. The van der Waals surface area contributed by atoms with Crippen LogP contribution in [0.4, 0.5) is 0 Å². The molecule has 47 heavy (non-hydrogen) atoms. The molecular formula is C38H43N3O6. The second kappa shape index (κ2) is 16.4. The van der Waals surface area contributed by atoms with Crippen molar-refractivity contribution in [1.82, 2.24) is 15.2 Å². The van der Waals surface area contributed by atoms with Gasteiger partial charge in [0.1, 0.15) is 0 Å². The average Bonchev–Trinajstić information content (AvgIpc) is 3.10. The number of amides is 1. The van der Waals surface area contributed by atoms with E-state index in [0.29, 0.717) is 13.0 Å². The molecule has 4 atom stereocenters. The Balaban J connectivity index is 1.27. The largest absolute Gasteiger partial charge is 0.453 e. The number of likely N-dealkylation sites (N-methyl/N-ethyl adjacent to an activating group) is 1. The van der Waals surface area contributed by atoms with Gasteiger partial charge in [0, 0.05) is 56.9 Å². The van der Waals surface area contributed by atoms with Gasteiger partial charge in [0.15, 0.2) is 12.4 Å². The summed E-state index contributed by atoms with van der Waals surface area (Å²) in [5, 5.41) is 12.3. The Morgan fingerprint density at radius 3 is 2.43 bits per heavy atom. The molecule has 1 amide bonds. The molecule has 1 fully saturated rings. The van der Waals surface area contributed by atoms with Crippen LogP contribution in [0.3, 0.4) is 0 Å². The minimum absolute atomic E-state index is 0.000409. The second-order valence-electron chi connectivity index (χ2n) is 12.0. The molecule has 2 heterocycles. The molecular weight excluding hydrogens is 594 g/mol. The fourth-order valence-electron chi connectivity index (χ4n) is 5.65. The van der Waals surface area contributed by atoms with Gasteiger partial charge in [-0.05, 0) is 60.0 Å². The average molecular weight is 638 g/mol. The van der Waals surface area contributed by atoms with Crippen molar-refractivity contribution in [2.24, 2.45) is 0 Å². The van der Waals surface area contributed by atoms with E-state index in [0.717, 1.165) is 58.6 Å². The molecule has 0 saturated carbocycles. The van der Waals surface area contributed by atoms with Gasteiger partial charge in [-0.25, -0.2) is 0 Å². The number of nitrogens with zero attached hydrogens (tertiary/aromatic N) is 2. The van der Waals surface area contributed by atoms with Crippen molar-refractivity contribution in [2.75, 3.05) is 20.1 Å². The predicted molar refractivity (Wildman–Crippen MR) is 179 cm³/mol. The summed E-state index contributed by atoms with van der Waals surface area (Å²) in [7, 11) is 2.11. The summed E-state index contributed by atoms with van der Waals surface area (Å²) in [6.07, 6.45) is 1.79. The first kappa shape index (κ1) is 33.9. The Hall–Kier alpha value is -4.41. The highest BCUT2D eigenvalue weighted by molar-refractivity contribution is 5.82. The lowest BCUT2D eigenvalue weighted by Crippen LogP contribution is -2.38. The van der Waals surface area contributed by atoms with Gasteiger partial charge in [-0.3, -0.25) is 14.6 Å². The van der Waals surface area contributed by atoms with Crippen LogP contribution < -0.4 is 5.32 Å². The van der Waals surface area contributed by atoms with E-state index in [1.165, 1.54) is 6.92 Å². The van der Waals surface area contributed by atoms with Gasteiger partial charge in [-0.15, -0.1) is 0 Å². The monoisotopic (exact) mass is 637 g/mol. The maximum Gasteiger partial charge on any atom is 0.303 e. The van der Waals surface area contributed by atoms with Crippen molar-refractivity contribution in [3.8, 4) is 11.1 Å². The molecule has 0 radical (unpaired) electrons. The number of ether oxygens (including phenoxy) is 3. The van der Waals surface area contributed by atoms with Crippen LogP contribution in [0, 0.1) is 0 Å². The number of aliphatic hydroxyl groups excluding tert-OH is 1. The Morgan fingerprint density at radius 1 is 0.957 bits per heavy atom. The topological polar surface area (TPSA) is 110 Å². The Bertz CT molecular complexity index is 1600. The zero-order valence-corrected chi connectivity index (χ0v) is 27.2. The van der Waals surface area contributed by atoms with Gasteiger partial charge < -0.3 is 29.5 Å². The standard InChI is InChI=1S/C38H43N3O6/c1-26(45-27(2)43)37(44)40-23-29-7-6-8-33(21-29)30-14-16-32(17-15-30)38-46-35(24-41(3)20-18-34-9-4-5-19-39-34)22-36(47-38)31-12-10-28(25-42)11-13-31/h4-17,19,21,26,35-36,38,42H,18,20,22-25H2,1-3H3,(H,40,44)/t26-,35-,36+,38+/m0/s1. The van der Waals surface area contributed by atoms with Gasteiger partial charge in [-0.1, -0.05) is 72.8 Å². The number of aliphatic hydroxyl groups is 1. The Labute approximate surface area is 276 Å². The molecule has 1 saturated heterocycles. The summed E-state index contributed by atoms with van der Waals surface area (Å²) in [5.74, 6) is -0.836. The number of esters is 1. The van der Waals surface area contributed by atoms with Crippen LogP contribution in [0.25, 0.3) is 11.1 Å². The van der Waals surface area contributed by atoms with E-state index in [1.807, 2.05) is 85.1 Å². The van der Waals surface area contributed by atoms with E-state index in [4.69, 9.17) is 14.2 Å². The third kappa shape index (κ3) is 9.79. The van der Waals surface area contributed by atoms with Gasteiger partial charge in [-0.2, -0.15) is 0 Å². The minimum Gasteiger partial charge on any atom is -0.453 e. The van der Waals surface area contributed by atoms with Crippen LogP contribution in [0.15, 0.2) is 97.2 Å². The van der Waals surface area contributed by atoms with E-state index in [9.17, 15) is 14.7 Å². The molecule has 1 aliphatic rings. The first-order valence-corrected chi connectivity index (χ1v) is 16.0. The molecule has 3 aromatic carbocycles. The van der Waals surface area contributed by atoms with Gasteiger partial charge in [0.05, 0.1) is 18.8 Å². The lowest BCUT2D eigenvalue weighted by molar-refractivity contribution is -0.252. The third-order valence-electron chi connectivity index (χ3n) is 8.23. The van der Waals surface area contributed by atoms with Crippen LogP contribution in [0.5, 0.6) is 0 Å². The molecule has 0 aliphatic carbocycles. The lowest BCUT2D eigenvalue weighted by Gasteiger charge is -2.38. The van der Waals surface area contributed by atoms with Gasteiger partial charge in [0.25, 0.3) is 5.91 Å². The molecule has 246 valence electrons. The van der Waals surface area contributed by atoms with Crippen LogP contribution in [-0.4, -0.2) is 59.2 Å². The van der Waals surface area contributed by atoms with Gasteiger partial charge >= 0.3 is 5.97 Å². The molecule has 4 aromatic rings. The van der Waals surface area contributed by atoms with Crippen molar-refractivity contribution in [1.29, 1.82) is 0 Å². The molecule has 5 rings (SSSR count). The van der Waals surface area contributed by atoms with E-state index >= 15 is 0 Å². The maximum absolute atomic E-state index is 12.3. The number of benzene rings is 3. The Kier molecular flexibility index (Phi) is 11.9. The molecule has 9 heteroatoms. The van der Waals surface area contributed by atoms with Crippen LogP contribution >= 0.6 is 0 Å². The fraction of sp³-hybridized carbons (Fsp3) is 0.342. The summed E-state index contributed by atoms with van der Waals surface area (Å²) in [6.45, 7) is 4.76. The zero-order chi connectivity index (χ0) is 33.2. The lowest BCUT2D eigenvalue weighted by atomic mass is 9.99. The smallest absolute Gasteiger partial charge is 0.303 e. The number of hydrogen-bond acceptors (Lipinski definition) is 8. The summed E-state index contributed by atoms with van der Waals surface area (Å²) < 4.78 is 18.1. The molecule has 9 nitrogen and oxygen atoms in total. The highest BCUT2D eigenvalue weighted by Crippen LogP contribution is 2.38. The van der Waals surface area contributed by atoms with E-state index in [-0.39, 0.29) is 24.7 Å². The van der Waals surface area contributed by atoms with Crippen molar-refractivity contribution in [3.05, 3.63) is 125 Å². The summed E-state index contributed by atoms with van der Waals surface area (Å²) in [6, 6.07) is 30.0. The first-order chi connectivity index (χ1) is 22.8. The van der Waals surface area contributed by atoms with Gasteiger partial charge in [0.2, 0.25) is 0 Å². The minimum atomic E-state index is -0.849. The van der Waals surface area contributed by atoms with Crippen LogP contribution in [0.1, 0.15) is 60.6 Å². The van der Waals surface area contributed by atoms with Crippen LogP contribution in [0.2, 0.25) is 0 Å². The third-order valence-corrected chi connectivity index (χ3v) is 8.23. The Morgan fingerprint density at radius 2 is 1.72 bits per heavy atom. The molecule has 2 N–H and O–H groups in total. The maximum atomic E-state index is 12.3. The molecule has 1 aromatic heterocycles. The van der Waals surface area contributed by atoms with Crippen molar-refractivity contribution >= 4 is 11.9 Å². The van der Waals surface area contributed by atoms with Crippen molar-refractivity contribution < 1.29 is 28.9 Å². The highest BCUT2D eigenvalue weighted by Gasteiger charge is 2.32. The number of aromatic nitrogens is 1. The quantitative estimate of drug-likeness (QED) is 0.184. The molecule has 0 spiro atoms. The number of rotatable bonds is 13. The SMILES string of the molecule is CC(=O)O[C@@H](C)C(=O)NCc1cccc(-c2ccc([C@@H]3O[C@H](CN(C)CCc4ccccn4)C[C@H](c4ccc(CO)cc4)O3)cc2)c1. The zero-order valence-electron chi connectivity index (χ0n) is 27.2. The first-order valence-electron chi connectivity index (χ1n) is 16.0. The number of carbonyl (C=O) groups excluding carboxylic acids is 2. The van der Waals surface area contributed by atoms with Crippen molar-refractivity contribution in [3.63, 3.8) is 0 Å². The summed E-state index contributed by atoms with van der Waals surface area (Å²) >= 11 is 0. The molecule has 1 aliphatic heterocycles. The number of carbonyl (C=O) groups is 2.